The molecule has 0 bridgehead atoms. The first-order chi connectivity index (χ1) is 15.1. The van der Waals surface area contributed by atoms with Crippen LogP contribution in [0.15, 0.2) is 55.1 Å². The summed E-state index contributed by atoms with van der Waals surface area (Å²) in [6.07, 6.45) is 6.07. The van der Waals surface area contributed by atoms with Crippen LogP contribution in [0.1, 0.15) is 30.1 Å². The smallest absolute Gasteiger partial charge is 0.355 e. The highest BCUT2D eigenvalue weighted by molar-refractivity contribution is 5.94. The zero-order valence-electron chi connectivity index (χ0n) is 16.7. The molecule has 31 heavy (non-hydrogen) atoms. The second-order valence-electron chi connectivity index (χ2n) is 6.34. The SMILES string of the molecule is CCCCOc1ccc(Nc2ncnc(NNC(=O)c3ccncc3)c2[N+](=O)[O-])cc1. The minimum atomic E-state index is -0.633. The van der Waals surface area contributed by atoms with E-state index in [2.05, 4.69) is 38.0 Å². The van der Waals surface area contributed by atoms with Crippen molar-refractivity contribution in [2.75, 3.05) is 17.3 Å². The molecule has 0 saturated heterocycles. The molecule has 0 fully saturated rings. The third-order valence-electron chi connectivity index (χ3n) is 4.13. The van der Waals surface area contributed by atoms with Gasteiger partial charge in [0.2, 0.25) is 11.6 Å². The first-order valence-corrected chi connectivity index (χ1v) is 9.54. The van der Waals surface area contributed by atoms with Gasteiger partial charge in [-0.15, -0.1) is 0 Å². The van der Waals surface area contributed by atoms with Gasteiger partial charge in [0.05, 0.1) is 11.5 Å². The fourth-order valence-corrected chi connectivity index (χ4v) is 2.53. The molecule has 0 atom stereocenters. The highest BCUT2D eigenvalue weighted by Gasteiger charge is 2.23. The molecule has 3 aromatic rings. The number of pyridine rings is 1. The molecule has 11 nitrogen and oxygen atoms in total. The van der Waals surface area contributed by atoms with Crippen molar-refractivity contribution in [1.82, 2.24) is 20.4 Å². The normalized spacial score (nSPS) is 10.2. The highest BCUT2D eigenvalue weighted by atomic mass is 16.6. The fourth-order valence-electron chi connectivity index (χ4n) is 2.53. The van der Waals surface area contributed by atoms with Gasteiger partial charge in [0, 0.05) is 23.6 Å². The molecule has 160 valence electrons. The lowest BCUT2D eigenvalue weighted by molar-refractivity contribution is -0.383. The molecule has 0 aliphatic carbocycles. The van der Waals surface area contributed by atoms with Crippen molar-refractivity contribution in [2.24, 2.45) is 0 Å². The molecule has 1 amide bonds. The lowest BCUT2D eigenvalue weighted by atomic mass is 10.2. The van der Waals surface area contributed by atoms with Crippen LogP contribution in [0, 0.1) is 10.1 Å². The van der Waals surface area contributed by atoms with Gasteiger partial charge in [-0.25, -0.2) is 9.97 Å². The van der Waals surface area contributed by atoms with Crippen LogP contribution in [-0.2, 0) is 0 Å². The third kappa shape index (κ3) is 5.85. The Hall–Kier alpha value is -4.28. The van der Waals surface area contributed by atoms with Crippen molar-refractivity contribution < 1.29 is 14.5 Å². The first kappa shape index (κ1) is 21.4. The average molecular weight is 423 g/mol. The molecule has 2 heterocycles. The van der Waals surface area contributed by atoms with Crippen LogP contribution in [0.4, 0.5) is 23.0 Å². The molecule has 0 radical (unpaired) electrons. The standard InChI is InChI=1S/C20H21N7O4/c1-2-3-12-31-16-6-4-15(5-7-16)24-18-17(27(29)30)19(23-13-22-18)25-26-20(28)14-8-10-21-11-9-14/h4-11,13H,2-3,12H2,1H3,(H,26,28)(H2,22,23,24,25). The summed E-state index contributed by atoms with van der Waals surface area (Å²) in [6.45, 7) is 2.71. The quantitative estimate of drug-likeness (QED) is 0.253. The van der Waals surface area contributed by atoms with E-state index in [9.17, 15) is 14.9 Å². The zero-order valence-corrected chi connectivity index (χ0v) is 16.7. The van der Waals surface area contributed by atoms with E-state index in [0.717, 1.165) is 19.2 Å². The van der Waals surface area contributed by atoms with Gasteiger partial charge in [0.15, 0.2) is 0 Å². The van der Waals surface area contributed by atoms with Gasteiger partial charge in [-0.05, 0) is 42.8 Å². The van der Waals surface area contributed by atoms with Gasteiger partial charge in [-0.2, -0.15) is 0 Å². The molecule has 11 heteroatoms. The molecule has 3 rings (SSSR count). The number of nitrogens with one attached hydrogen (secondary N) is 3. The Bertz CT molecular complexity index is 1030. The number of rotatable bonds is 10. The predicted molar refractivity (Wildman–Crippen MR) is 114 cm³/mol. The summed E-state index contributed by atoms with van der Waals surface area (Å²) in [5, 5.41) is 14.6. The third-order valence-corrected chi connectivity index (χ3v) is 4.13. The summed E-state index contributed by atoms with van der Waals surface area (Å²) in [4.78, 5) is 34.9. The van der Waals surface area contributed by atoms with E-state index in [1.165, 1.54) is 24.5 Å². The summed E-state index contributed by atoms with van der Waals surface area (Å²) < 4.78 is 5.61. The van der Waals surface area contributed by atoms with E-state index in [1.807, 2.05) is 0 Å². The van der Waals surface area contributed by atoms with E-state index in [-0.39, 0.29) is 11.6 Å². The van der Waals surface area contributed by atoms with E-state index in [1.54, 1.807) is 24.3 Å². The number of ether oxygens (including phenoxy) is 1. The molecule has 0 aliphatic rings. The van der Waals surface area contributed by atoms with E-state index in [0.29, 0.717) is 23.6 Å². The van der Waals surface area contributed by atoms with Crippen LogP contribution in [0.3, 0.4) is 0 Å². The van der Waals surface area contributed by atoms with E-state index >= 15 is 0 Å². The molecule has 0 aliphatic heterocycles. The van der Waals surface area contributed by atoms with Crippen LogP contribution in [0.5, 0.6) is 5.75 Å². The summed E-state index contributed by atoms with van der Waals surface area (Å²) in [5.74, 6) is 0.0191. The molecule has 2 aromatic heterocycles. The minimum absolute atomic E-state index is 0.0275. The largest absolute Gasteiger partial charge is 0.494 e. The highest BCUT2D eigenvalue weighted by Crippen LogP contribution is 2.31. The number of unbranched alkanes of at least 4 members (excludes halogenated alkanes) is 1. The zero-order chi connectivity index (χ0) is 22.1. The number of hydrogen-bond acceptors (Lipinski definition) is 9. The minimum Gasteiger partial charge on any atom is -0.494 e. The van der Waals surface area contributed by atoms with Crippen LogP contribution in [0.2, 0.25) is 0 Å². The van der Waals surface area contributed by atoms with Gasteiger partial charge in [-0.3, -0.25) is 30.7 Å². The summed E-state index contributed by atoms with van der Waals surface area (Å²) in [7, 11) is 0. The Balaban J connectivity index is 1.72. The van der Waals surface area contributed by atoms with Crippen molar-refractivity contribution in [3.8, 4) is 5.75 Å². The molecule has 0 unspecified atom stereocenters. The maximum absolute atomic E-state index is 12.2. The second kappa shape index (κ2) is 10.5. The number of amides is 1. The lowest BCUT2D eigenvalue weighted by Gasteiger charge is -2.11. The Kier molecular flexibility index (Phi) is 7.25. The number of nitro groups is 1. The van der Waals surface area contributed by atoms with Gasteiger partial charge >= 0.3 is 5.69 Å². The number of aromatic nitrogens is 3. The number of carbonyl (C=O) groups excluding carboxylic acids is 1. The van der Waals surface area contributed by atoms with Crippen molar-refractivity contribution in [3.05, 3.63) is 70.8 Å². The molecule has 0 saturated carbocycles. The number of carbonyl (C=O) groups is 1. The number of hydrogen-bond donors (Lipinski definition) is 3. The lowest BCUT2D eigenvalue weighted by Crippen LogP contribution is -2.30. The monoisotopic (exact) mass is 423 g/mol. The van der Waals surface area contributed by atoms with Crippen LogP contribution in [0.25, 0.3) is 0 Å². The summed E-state index contributed by atoms with van der Waals surface area (Å²) >= 11 is 0. The predicted octanol–water partition coefficient (Wildman–Crippen LogP) is 3.46. The number of anilines is 3. The van der Waals surface area contributed by atoms with Gasteiger partial charge in [0.25, 0.3) is 5.91 Å². The van der Waals surface area contributed by atoms with Gasteiger partial charge < -0.3 is 10.1 Å². The van der Waals surface area contributed by atoms with Crippen LogP contribution < -0.4 is 20.9 Å². The Labute approximate surface area is 178 Å². The Morgan fingerprint density at radius 3 is 2.48 bits per heavy atom. The topological polar surface area (TPSA) is 144 Å². The van der Waals surface area contributed by atoms with E-state index < -0.39 is 16.5 Å². The van der Waals surface area contributed by atoms with Crippen LogP contribution >= 0.6 is 0 Å². The fraction of sp³-hybridized carbons (Fsp3) is 0.200. The van der Waals surface area contributed by atoms with Crippen LogP contribution in [-0.4, -0.2) is 32.4 Å². The summed E-state index contributed by atoms with van der Waals surface area (Å²) in [5.41, 5.74) is 5.36. The Morgan fingerprint density at radius 1 is 1.10 bits per heavy atom. The van der Waals surface area contributed by atoms with Crippen molar-refractivity contribution in [2.45, 2.75) is 19.8 Å². The maximum Gasteiger partial charge on any atom is 0.355 e. The van der Waals surface area contributed by atoms with Gasteiger partial charge in [-0.1, -0.05) is 13.3 Å². The van der Waals surface area contributed by atoms with Gasteiger partial charge in [0.1, 0.15) is 12.1 Å². The Morgan fingerprint density at radius 2 is 1.81 bits per heavy atom. The summed E-state index contributed by atoms with van der Waals surface area (Å²) in [6, 6.07) is 10.00. The van der Waals surface area contributed by atoms with Crippen molar-refractivity contribution in [1.29, 1.82) is 0 Å². The molecular weight excluding hydrogens is 402 g/mol. The number of benzene rings is 1. The van der Waals surface area contributed by atoms with Crippen molar-refractivity contribution >= 4 is 28.9 Å². The first-order valence-electron chi connectivity index (χ1n) is 9.54. The second-order valence-corrected chi connectivity index (χ2v) is 6.34. The molecule has 3 N–H and O–H groups in total. The van der Waals surface area contributed by atoms with Crippen molar-refractivity contribution in [3.63, 3.8) is 0 Å². The molecule has 1 aromatic carbocycles. The van der Waals surface area contributed by atoms with E-state index in [4.69, 9.17) is 4.74 Å². The number of nitrogens with zero attached hydrogens (tertiary/aromatic N) is 4. The average Bonchev–Trinajstić information content (AvgIpc) is 2.79. The molecular formula is C20H21N7O4. The molecule has 0 spiro atoms. The number of hydrazine groups is 1. The maximum atomic E-state index is 12.2.